The third kappa shape index (κ3) is 5.50. The average molecular weight is 418 g/mol. The van der Waals surface area contributed by atoms with Crippen molar-refractivity contribution in [1.82, 2.24) is 10.2 Å². The summed E-state index contributed by atoms with van der Waals surface area (Å²) >= 11 is 0. The van der Waals surface area contributed by atoms with E-state index in [2.05, 4.69) is 5.32 Å². The number of nitrogens with zero attached hydrogens (tertiary/aromatic N) is 1. The predicted octanol–water partition coefficient (Wildman–Crippen LogP) is -0.539. The van der Waals surface area contributed by atoms with Crippen molar-refractivity contribution in [1.29, 1.82) is 0 Å². The molecule has 1 unspecified atom stereocenters. The van der Waals surface area contributed by atoms with Gasteiger partial charge in [-0.1, -0.05) is 61.5 Å². The zero-order valence-corrected chi connectivity index (χ0v) is 19.0. The molecule has 0 aromatic heterocycles. The summed E-state index contributed by atoms with van der Waals surface area (Å²) in [6.07, 6.45) is 0. The van der Waals surface area contributed by atoms with Gasteiger partial charge in [-0.3, -0.25) is 14.4 Å². The Balaban J connectivity index is 0.00000240. The number of aliphatic hydroxyl groups is 1. The van der Waals surface area contributed by atoms with Crippen LogP contribution in [-0.4, -0.2) is 46.0 Å². The van der Waals surface area contributed by atoms with Crippen molar-refractivity contribution in [3.63, 3.8) is 0 Å². The molecule has 0 bridgehead atoms. The second kappa shape index (κ2) is 10.4. The number of rotatable bonds is 6. The van der Waals surface area contributed by atoms with E-state index < -0.39 is 35.8 Å². The van der Waals surface area contributed by atoms with Crippen LogP contribution in [0.2, 0.25) is 0 Å². The van der Waals surface area contributed by atoms with Crippen LogP contribution in [-0.2, 0) is 20.9 Å². The second-order valence-corrected chi connectivity index (χ2v) is 6.99. The number of nitrogens with one attached hydrogen (secondary N) is 1. The van der Waals surface area contributed by atoms with Crippen LogP contribution in [0.15, 0.2) is 65.9 Å². The van der Waals surface area contributed by atoms with Gasteiger partial charge in [-0.15, -0.1) is 0 Å². The Morgan fingerprint density at radius 2 is 1.70 bits per heavy atom. The summed E-state index contributed by atoms with van der Waals surface area (Å²) in [5, 5.41) is 21.1. The third-order valence-electron chi connectivity index (χ3n) is 4.78. The molecule has 0 saturated carbocycles. The summed E-state index contributed by atoms with van der Waals surface area (Å²) in [5.74, 6) is -3.47. The fourth-order valence-corrected chi connectivity index (χ4v) is 3.26. The molecule has 3 N–H and O–H groups in total. The Labute approximate surface area is 198 Å². The first-order valence-electron chi connectivity index (χ1n) is 9.23. The second-order valence-electron chi connectivity index (χ2n) is 6.99. The molecule has 152 valence electrons. The minimum atomic E-state index is -1.23. The number of aliphatic carboxylic acids is 1. The summed E-state index contributed by atoms with van der Waals surface area (Å²) in [6.45, 7) is 1.62. The van der Waals surface area contributed by atoms with Gasteiger partial charge in [0.05, 0.1) is 0 Å². The van der Waals surface area contributed by atoms with Crippen LogP contribution in [0, 0.1) is 5.92 Å². The van der Waals surface area contributed by atoms with Crippen molar-refractivity contribution in [3.05, 3.63) is 71.5 Å². The minimum Gasteiger partial charge on any atom is -1.00 e. The zero-order valence-electron chi connectivity index (χ0n) is 18.0. The number of benzene rings is 2. The zero-order chi connectivity index (χ0) is 21.0. The molecule has 0 spiro atoms. The maximum Gasteiger partial charge on any atom is 1.00 e. The molecule has 1 atom stereocenters. The molecule has 0 aliphatic carbocycles. The molecule has 2 aromatic rings. The van der Waals surface area contributed by atoms with Crippen molar-refractivity contribution >= 4 is 17.8 Å². The molecular weight excluding hydrogens is 395 g/mol. The number of hydrogen-bond acceptors (Lipinski definition) is 4. The van der Waals surface area contributed by atoms with E-state index in [9.17, 15) is 19.5 Å². The first kappa shape index (κ1) is 23.7. The van der Waals surface area contributed by atoms with Crippen LogP contribution in [0.5, 0.6) is 0 Å². The Kier molecular flexibility index (Phi) is 8.23. The molecule has 7 nitrogen and oxygen atoms in total. The maximum atomic E-state index is 12.8. The van der Waals surface area contributed by atoms with Crippen molar-refractivity contribution < 1.29 is 55.6 Å². The number of carboxylic acid groups (broad SMARTS) is 1. The number of hydrogen-bond donors (Lipinski definition) is 3. The van der Waals surface area contributed by atoms with Crippen LogP contribution < -0.4 is 34.9 Å². The first-order valence-corrected chi connectivity index (χ1v) is 9.23. The van der Waals surface area contributed by atoms with E-state index in [4.69, 9.17) is 5.11 Å². The quantitative estimate of drug-likeness (QED) is 0.432. The van der Waals surface area contributed by atoms with E-state index in [1.807, 2.05) is 54.6 Å². The van der Waals surface area contributed by atoms with E-state index in [1.165, 1.54) is 4.90 Å². The fraction of sp³-hybridized carbons (Fsp3) is 0.227. The summed E-state index contributed by atoms with van der Waals surface area (Å²) in [5.41, 5.74) is 2.63. The SMILES string of the molecule is CC1CN(Cc2ccc(-c3ccccc3)cc2)C(=O)C(C(=O)NCC(=O)O)=C1O.[H-].[Na+]. The van der Waals surface area contributed by atoms with E-state index in [0.717, 1.165) is 16.7 Å². The van der Waals surface area contributed by atoms with Crippen LogP contribution in [0.4, 0.5) is 0 Å². The Morgan fingerprint density at radius 3 is 2.30 bits per heavy atom. The number of amides is 2. The average Bonchev–Trinajstić information content (AvgIpc) is 2.72. The summed E-state index contributed by atoms with van der Waals surface area (Å²) < 4.78 is 0. The molecule has 2 amide bonds. The Morgan fingerprint density at radius 1 is 1.10 bits per heavy atom. The van der Waals surface area contributed by atoms with Crippen LogP contribution in [0.1, 0.15) is 13.9 Å². The Bertz CT molecular complexity index is 964. The Hall–Kier alpha value is -2.61. The van der Waals surface area contributed by atoms with Gasteiger partial charge in [-0.2, -0.15) is 0 Å². The van der Waals surface area contributed by atoms with Crippen molar-refractivity contribution in [2.75, 3.05) is 13.1 Å². The van der Waals surface area contributed by atoms with Gasteiger partial charge in [-0.05, 0) is 16.7 Å². The molecule has 1 aliphatic heterocycles. The normalized spacial score (nSPS) is 16.1. The first-order chi connectivity index (χ1) is 13.9. The van der Waals surface area contributed by atoms with Crippen molar-refractivity contribution in [2.24, 2.45) is 5.92 Å². The molecule has 2 aromatic carbocycles. The van der Waals surface area contributed by atoms with Crippen molar-refractivity contribution in [2.45, 2.75) is 13.5 Å². The van der Waals surface area contributed by atoms with Crippen LogP contribution >= 0.6 is 0 Å². The molecular formula is C22H23N2NaO5. The van der Waals surface area contributed by atoms with Gasteiger partial charge in [0, 0.05) is 19.0 Å². The van der Waals surface area contributed by atoms with E-state index in [1.54, 1.807) is 6.92 Å². The van der Waals surface area contributed by atoms with E-state index >= 15 is 0 Å². The van der Waals surface area contributed by atoms with E-state index in [-0.39, 0.29) is 49.8 Å². The number of carbonyl (C=O) groups is 3. The predicted molar refractivity (Wildman–Crippen MR) is 108 cm³/mol. The van der Waals surface area contributed by atoms with Gasteiger partial charge in [0.1, 0.15) is 17.9 Å². The third-order valence-corrected chi connectivity index (χ3v) is 4.78. The molecule has 1 aliphatic rings. The van der Waals surface area contributed by atoms with E-state index in [0.29, 0.717) is 0 Å². The van der Waals surface area contributed by atoms with Gasteiger partial charge in [0.2, 0.25) is 0 Å². The summed E-state index contributed by atoms with van der Waals surface area (Å²) in [7, 11) is 0. The fourth-order valence-electron chi connectivity index (χ4n) is 3.26. The topological polar surface area (TPSA) is 107 Å². The van der Waals surface area contributed by atoms with Gasteiger partial charge in [0.25, 0.3) is 11.8 Å². The van der Waals surface area contributed by atoms with Gasteiger partial charge in [-0.25, -0.2) is 0 Å². The maximum absolute atomic E-state index is 12.8. The molecule has 0 radical (unpaired) electrons. The monoisotopic (exact) mass is 418 g/mol. The summed E-state index contributed by atoms with van der Waals surface area (Å²) in [4.78, 5) is 37.1. The summed E-state index contributed by atoms with van der Waals surface area (Å²) in [6, 6.07) is 17.7. The number of aliphatic hydroxyl groups excluding tert-OH is 1. The number of carbonyl (C=O) groups excluding carboxylic acids is 2. The number of carboxylic acids is 1. The smallest absolute Gasteiger partial charge is 1.00 e. The standard InChI is InChI=1S/C22H22N2O5.Na.H/c1-14-12-24(22(29)19(20(14)27)21(28)23-11-18(25)26)13-15-7-9-17(10-8-15)16-5-3-2-4-6-16;;/h2-10,14,27H,11-13H2,1H3,(H,23,28)(H,25,26);;/q;+1;-1. The van der Waals surface area contributed by atoms with Crippen molar-refractivity contribution in [3.8, 4) is 11.1 Å². The van der Waals surface area contributed by atoms with Crippen LogP contribution in [0.25, 0.3) is 11.1 Å². The van der Waals surface area contributed by atoms with Gasteiger partial charge >= 0.3 is 35.5 Å². The molecule has 1 heterocycles. The molecule has 30 heavy (non-hydrogen) atoms. The van der Waals surface area contributed by atoms with Gasteiger partial charge < -0.3 is 21.9 Å². The minimum absolute atomic E-state index is 0. The molecule has 8 heteroatoms. The molecule has 0 fully saturated rings. The largest absolute Gasteiger partial charge is 1.00 e. The molecule has 3 rings (SSSR count). The van der Waals surface area contributed by atoms with Crippen LogP contribution in [0.3, 0.4) is 0 Å². The molecule has 0 saturated heterocycles. The van der Waals surface area contributed by atoms with Gasteiger partial charge in [0.15, 0.2) is 0 Å².